The second-order valence-corrected chi connectivity index (χ2v) is 9.61. The molecular weight excluding hydrogens is 488 g/mol. The van der Waals surface area contributed by atoms with E-state index in [2.05, 4.69) is 78.9 Å². The van der Waals surface area contributed by atoms with Crippen molar-refractivity contribution >= 4 is 10.8 Å². The van der Waals surface area contributed by atoms with E-state index < -0.39 is 0 Å². The fourth-order valence-corrected chi connectivity index (χ4v) is 4.85. The van der Waals surface area contributed by atoms with Crippen LogP contribution in [0.5, 0.6) is 0 Å². The Kier molecular flexibility index (Phi) is 6.11. The van der Waals surface area contributed by atoms with Crippen molar-refractivity contribution < 1.29 is 0 Å². The molecule has 0 spiro atoms. The molecule has 7 aromatic rings. The molecule has 0 aliphatic carbocycles. The average molecular weight is 513 g/mol. The van der Waals surface area contributed by atoms with Crippen molar-refractivity contribution in [2.75, 3.05) is 0 Å². The quantitative estimate of drug-likeness (QED) is 0.231. The Morgan fingerprint density at radius 3 is 1.50 bits per heavy atom. The SMILES string of the molecule is c1ccc(-c2ccc(-c3nc(-c4ccccc4)nc(-c4cccc(-c5cc6ccccc6cn5)c4)n3)cc2)cc1. The highest BCUT2D eigenvalue weighted by atomic mass is 15.0. The minimum Gasteiger partial charge on any atom is -0.256 e. The molecule has 4 heteroatoms. The van der Waals surface area contributed by atoms with E-state index in [9.17, 15) is 0 Å². The van der Waals surface area contributed by atoms with Crippen LogP contribution >= 0.6 is 0 Å². The van der Waals surface area contributed by atoms with Crippen LogP contribution in [0.4, 0.5) is 0 Å². The van der Waals surface area contributed by atoms with Crippen molar-refractivity contribution in [2.24, 2.45) is 0 Å². The maximum absolute atomic E-state index is 4.94. The predicted octanol–water partition coefficient (Wildman–Crippen LogP) is 8.75. The van der Waals surface area contributed by atoms with Crippen LogP contribution in [0.3, 0.4) is 0 Å². The van der Waals surface area contributed by atoms with Crippen molar-refractivity contribution in [1.82, 2.24) is 19.9 Å². The number of nitrogens with zero attached hydrogens (tertiary/aromatic N) is 4. The molecule has 0 fully saturated rings. The zero-order valence-corrected chi connectivity index (χ0v) is 21.6. The monoisotopic (exact) mass is 512 g/mol. The van der Waals surface area contributed by atoms with Crippen LogP contribution in [0, 0.1) is 0 Å². The van der Waals surface area contributed by atoms with Gasteiger partial charge in [-0.3, -0.25) is 4.98 Å². The van der Waals surface area contributed by atoms with E-state index in [0.29, 0.717) is 17.5 Å². The summed E-state index contributed by atoms with van der Waals surface area (Å²) in [4.78, 5) is 19.5. The Labute approximate surface area is 232 Å². The molecule has 188 valence electrons. The molecule has 0 saturated carbocycles. The summed E-state index contributed by atoms with van der Waals surface area (Å²) in [7, 11) is 0. The largest absolute Gasteiger partial charge is 0.256 e. The molecule has 0 atom stereocenters. The summed E-state index contributed by atoms with van der Waals surface area (Å²) < 4.78 is 0. The third kappa shape index (κ3) is 4.74. The second-order valence-electron chi connectivity index (χ2n) is 9.61. The van der Waals surface area contributed by atoms with Crippen LogP contribution in [0.15, 0.2) is 146 Å². The number of hydrogen-bond donors (Lipinski definition) is 0. The van der Waals surface area contributed by atoms with Crippen molar-refractivity contribution in [2.45, 2.75) is 0 Å². The highest BCUT2D eigenvalue weighted by molar-refractivity contribution is 5.85. The van der Waals surface area contributed by atoms with Gasteiger partial charge in [0, 0.05) is 33.8 Å². The molecule has 0 aliphatic heterocycles. The van der Waals surface area contributed by atoms with E-state index >= 15 is 0 Å². The number of rotatable bonds is 5. The van der Waals surface area contributed by atoms with Gasteiger partial charge in [-0.15, -0.1) is 0 Å². The summed E-state index contributed by atoms with van der Waals surface area (Å²) >= 11 is 0. The normalized spacial score (nSPS) is 11.0. The third-order valence-electron chi connectivity index (χ3n) is 6.97. The lowest BCUT2D eigenvalue weighted by atomic mass is 10.0. The van der Waals surface area contributed by atoms with Gasteiger partial charge in [-0.05, 0) is 28.6 Å². The Hall–Kier alpha value is -5.48. The maximum atomic E-state index is 4.94. The lowest BCUT2D eigenvalue weighted by Gasteiger charge is -2.10. The number of benzene rings is 5. The van der Waals surface area contributed by atoms with E-state index in [0.717, 1.165) is 44.3 Å². The summed E-state index contributed by atoms with van der Waals surface area (Å²) in [5.74, 6) is 1.90. The summed E-state index contributed by atoms with van der Waals surface area (Å²) in [6.45, 7) is 0. The molecule has 2 heterocycles. The van der Waals surface area contributed by atoms with Gasteiger partial charge in [0.1, 0.15) is 0 Å². The Bertz CT molecular complexity index is 1930. The Morgan fingerprint density at radius 1 is 0.325 bits per heavy atom. The predicted molar refractivity (Wildman–Crippen MR) is 162 cm³/mol. The molecule has 0 bridgehead atoms. The van der Waals surface area contributed by atoms with Gasteiger partial charge in [-0.1, -0.05) is 127 Å². The van der Waals surface area contributed by atoms with Gasteiger partial charge in [0.2, 0.25) is 0 Å². The molecule has 7 rings (SSSR count). The molecule has 40 heavy (non-hydrogen) atoms. The number of aromatic nitrogens is 4. The molecule has 0 saturated heterocycles. The van der Waals surface area contributed by atoms with Gasteiger partial charge in [0.15, 0.2) is 17.5 Å². The summed E-state index contributed by atoms with van der Waals surface area (Å²) in [6.07, 6.45) is 1.92. The van der Waals surface area contributed by atoms with Gasteiger partial charge in [0.25, 0.3) is 0 Å². The second kappa shape index (κ2) is 10.4. The molecule has 0 N–H and O–H groups in total. The molecule has 0 aliphatic rings. The summed E-state index contributed by atoms with van der Waals surface area (Å²) in [5, 5.41) is 2.28. The minimum atomic E-state index is 0.624. The molecular formula is C36H24N4. The number of hydrogen-bond acceptors (Lipinski definition) is 4. The van der Waals surface area contributed by atoms with E-state index in [1.54, 1.807) is 0 Å². The average Bonchev–Trinajstić information content (AvgIpc) is 3.05. The van der Waals surface area contributed by atoms with Crippen molar-refractivity contribution in [1.29, 1.82) is 0 Å². The maximum Gasteiger partial charge on any atom is 0.164 e. The summed E-state index contributed by atoms with van der Waals surface area (Å²) in [6, 6.07) is 47.4. The Morgan fingerprint density at radius 2 is 0.800 bits per heavy atom. The van der Waals surface area contributed by atoms with Crippen molar-refractivity contribution in [3.63, 3.8) is 0 Å². The fraction of sp³-hybridized carbons (Fsp3) is 0. The summed E-state index contributed by atoms with van der Waals surface area (Å²) in [5.41, 5.74) is 7.04. The zero-order valence-electron chi connectivity index (χ0n) is 21.6. The molecule has 4 nitrogen and oxygen atoms in total. The number of fused-ring (bicyclic) bond motifs is 1. The van der Waals surface area contributed by atoms with Gasteiger partial charge < -0.3 is 0 Å². The lowest BCUT2D eigenvalue weighted by molar-refractivity contribution is 1.07. The van der Waals surface area contributed by atoms with E-state index in [1.807, 2.05) is 66.9 Å². The molecule has 0 amide bonds. The zero-order chi connectivity index (χ0) is 26.7. The van der Waals surface area contributed by atoms with E-state index in [1.165, 1.54) is 5.56 Å². The first-order valence-corrected chi connectivity index (χ1v) is 13.2. The topological polar surface area (TPSA) is 51.6 Å². The van der Waals surface area contributed by atoms with Gasteiger partial charge in [0.05, 0.1) is 5.69 Å². The van der Waals surface area contributed by atoms with Gasteiger partial charge in [-0.2, -0.15) is 0 Å². The lowest BCUT2D eigenvalue weighted by Crippen LogP contribution is -2.00. The molecule has 0 radical (unpaired) electrons. The Balaban J connectivity index is 1.32. The van der Waals surface area contributed by atoms with Crippen LogP contribution in [-0.2, 0) is 0 Å². The third-order valence-corrected chi connectivity index (χ3v) is 6.97. The molecule has 5 aromatic carbocycles. The van der Waals surface area contributed by atoms with E-state index in [4.69, 9.17) is 19.9 Å². The van der Waals surface area contributed by atoms with Crippen LogP contribution in [-0.4, -0.2) is 19.9 Å². The smallest absolute Gasteiger partial charge is 0.164 e. The van der Waals surface area contributed by atoms with Crippen molar-refractivity contribution in [3.05, 3.63) is 146 Å². The van der Waals surface area contributed by atoms with Crippen LogP contribution in [0.2, 0.25) is 0 Å². The first-order chi connectivity index (χ1) is 19.8. The van der Waals surface area contributed by atoms with Crippen LogP contribution in [0.1, 0.15) is 0 Å². The van der Waals surface area contributed by atoms with Crippen LogP contribution < -0.4 is 0 Å². The minimum absolute atomic E-state index is 0.624. The molecule has 0 unspecified atom stereocenters. The molecule has 2 aromatic heterocycles. The van der Waals surface area contributed by atoms with Crippen molar-refractivity contribution in [3.8, 4) is 56.5 Å². The van der Waals surface area contributed by atoms with Gasteiger partial charge >= 0.3 is 0 Å². The fourth-order valence-electron chi connectivity index (χ4n) is 4.85. The standard InChI is InChI=1S/C36H24N4/c1-3-10-25(11-4-1)26-18-20-28(21-19-26)35-38-34(27-12-5-2-6-13-27)39-36(40-35)31-17-9-16-30(22-31)33-23-29-14-7-8-15-32(29)24-37-33/h1-24H. The van der Waals surface area contributed by atoms with Gasteiger partial charge in [-0.25, -0.2) is 15.0 Å². The highest BCUT2D eigenvalue weighted by Gasteiger charge is 2.13. The first-order valence-electron chi connectivity index (χ1n) is 13.2. The highest BCUT2D eigenvalue weighted by Crippen LogP contribution is 2.29. The first kappa shape index (κ1) is 23.6. The van der Waals surface area contributed by atoms with E-state index in [-0.39, 0.29) is 0 Å². The van der Waals surface area contributed by atoms with Crippen LogP contribution in [0.25, 0.3) is 67.3 Å². The number of pyridine rings is 1.